The van der Waals surface area contributed by atoms with E-state index in [0.717, 1.165) is 36.9 Å². The first-order valence-electron chi connectivity index (χ1n) is 12.9. The number of pyridine rings is 1. The van der Waals surface area contributed by atoms with E-state index in [2.05, 4.69) is 25.2 Å². The second-order valence-electron chi connectivity index (χ2n) is 10.4. The Morgan fingerprint density at radius 3 is 2.95 bits per heavy atom. The zero-order valence-electron chi connectivity index (χ0n) is 21.3. The molecule has 0 bridgehead atoms. The molecule has 7 rings (SSSR count). The number of fused-ring (bicyclic) bond motifs is 5. The van der Waals surface area contributed by atoms with Gasteiger partial charge < -0.3 is 14.6 Å². The number of hydrogen-bond donors (Lipinski definition) is 2. The molecule has 14 heteroatoms. The lowest BCUT2D eigenvalue weighted by atomic mass is 9.94. The van der Waals surface area contributed by atoms with Gasteiger partial charge in [-0.25, -0.2) is 22.9 Å². The lowest BCUT2D eigenvalue weighted by Crippen LogP contribution is -2.43. The Morgan fingerprint density at radius 1 is 1.32 bits per heavy atom. The Kier molecular flexibility index (Phi) is 6.00. The van der Waals surface area contributed by atoms with Crippen LogP contribution >= 0.6 is 11.3 Å². The number of nitriles is 1. The minimum Gasteiger partial charge on any atom is -0.465 e. The Balaban J connectivity index is 1.37. The molecular formula is C27H21F3N6O4S. The average Bonchev–Trinajstić information content (AvgIpc) is 3.71. The number of anilines is 1. The molecule has 1 aromatic carbocycles. The first-order chi connectivity index (χ1) is 19.8. The molecule has 2 saturated heterocycles. The van der Waals surface area contributed by atoms with Gasteiger partial charge in [0.1, 0.15) is 29.4 Å². The third-order valence-electron chi connectivity index (χ3n) is 8.15. The second-order valence-corrected chi connectivity index (χ2v) is 11.4. The predicted octanol–water partition coefficient (Wildman–Crippen LogP) is 5.13. The molecule has 10 nitrogen and oxygen atoms in total. The molecule has 0 spiro atoms. The number of rotatable bonds is 5. The van der Waals surface area contributed by atoms with E-state index in [0.29, 0.717) is 29.5 Å². The van der Waals surface area contributed by atoms with Crippen LogP contribution in [0.1, 0.15) is 36.0 Å². The zero-order valence-corrected chi connectivity index (χ0v) is 22.2. The molecular weight excluding hydrogens is 561 g/mol. The van der Waals surface area contributed by atoms with Crippen molar-refractivity contribution in [3.8, 4) is 23.3 Å². The van der Waals surface area contributed by atoms with E-state index in [1.807, 2.05) is 6.07 Å². The highest BCUT2D eigenvalue weighted by Crippen LogP contribution is 2.46. The summed E-state index contributed by atoms with van der Waals surface area (Å²) >= 11 is 0.724. The number of nitrogens with zero attached hydrogens (tertiary/aromatic N) is 5. The van der Waals surface area contributed by atoms with Crippen molar-refractivity contribution in [2.24, 2.45) is 0 Å². The van der Waals surface area contributed by atoms with Crippen LogP contribution in [0.15, 0.2) is 12.4 Å². The van der Waals surface area contributed by atoms with Crippen molar-refractivity contribution in [2.75, 3.05) is 25.0 Å². The fourth-order valence-corrected chi connectivity index (χ4v) is 7.46. The Labute approximate surface area is 234 Å². The number of carboxylic acid groups (broad SMARTS) is 1. The van der Waals surface area contributed by atoms with Crippen LogP contribution in [0.25, 0.3) is 32.2 Å². The third-order valence-corrected chi connectivity index (χ3v) is 9.26. The first-order valence-corrected chi connectivity index (χ1v) is 13.7. The van der Waals surface area contributed by atoms with Gasteiger partial charge in [-0.1, -0.05) is 0 Å². The van der Waals surface area contributed by atoms with E-state index in [9.17, 15) is 23.9 Å². The molecule has 3 aliphatic heterocycles. The molecule has 3 aromatic heterocycles. The number of ether oxygens (including phenoxy) is 2. The van der Waals surface area contributed by atoms with E-state index >= 15 is 4.39 Å². The van der Waals surface area contributed by atoms with Gasteiger partial charge in [0.15, 0.2) is 11.6 Å². The minimum absolute atomic E-state index is 0.0124. The maximum absolute atomic E-state index is 16.5. The number of benzene rings is 1. The molecule has 2 atom stereocenters. The summed E-state index contributed by atoms with van der Waals surface area (Å²) in [5.41, 5.74) is 0.346. The Hall–Kier alpha value is -4.06. The predicted molar refractivity (Wildman–Crippen MR) is 141 cm³/mol. The van der Waals surface area contributed by atoms with Gasteiger partial charge in [0.25, 0.3) is 0 Å². The molecule has 41 heavy (non-hydrogen) atoms. The van der Waals surface area contributed by atoms with Crippen LogP contribution < -0.4 is 10.1 Å². The van der Waals surface area contributed by atoms with Crippen LogP contribution in [0.5, 0.6) is 6.01 Å². The summed E-state index contributed by atoms with van der Waals surface area (Å²) < 4.78 is 57.1. The van der Waals surface area contributed by atoms with Gasteiger partial charge in [-0.15, -0.1) is 11.3 Å². The number of halogens is 3. The van der Waals surface area contributed by atoms with Crippen molar-refractivity contribution < 1.29 is 32.5 Å². The smallest absolute Gasteiger partial charge is 0.409 e. The fourth-order valence-electron chi connectivity index (χ4n) is 6.41. The highest BCUT2D eigenvalue weighted by molar-refractivity contribution is 7.23. The van der Waals surface area contributed by atoms with E-state index in [4.69, 9.17) is 9.47 Å². The number of nitrogens with one attached hydrogen (secondary N) is 1. The van der Waals surface area contributed by atoms with Gasteiger partial charge in [0.05, 0.1) is 40.9 Å². The van der Waals surface area contributed by atoms with Crippen molar-refractivity contribution >= 4 is 43.4 Å². The largest absolute Gasteiger partial charge is 0.465 e. The van der Waals surface area contributed by atoms with Crippen LogP contribution in [0.4, 0.5) is 23.0 Å². The zero-order chi connectivity index (χ0) is 28.5. The summed E-state index contributed by atoms with van der Waals surface area (Å²) in [7, 11) is 0. The number of carbonyl (C=O) groups is 1. The van der Waals surface area contributed by atoms with Gasteiger partial charge >= 0.3 is 12.1 Å². The van der Waals surface area contributed by atoms with Gasteiger partial charge in [-0.3, -0.25) is 15.2 Å². The molecule has 3 aliphatic rings. The number of thiophene rings is 1. The van der Waals surface area contributed by atoms with Crippen LogP contribution in [0.3, 0.4) is 0 Å². The molecule has 4 aromatic rings. The highest BCUT2D eigenvalue weighted by Gasteiger charge is 2.49. The van der Waals surface area contributed by atoms with E-state index in [-0.39, 0.29) is 63.3 Å². The summed E-state index contributed by atoms with van der Waals surface area (Å²) in [6.07, 6.45) is 2.09. The molecule has 2 N–H and O–H groups in total. The number of hydrogen-bond acceptors (Lipinski definition) is 9. The summed E-state index contributed by atoms with van der Waals surface area (Å²) in [6.45, 7) is 1.50. The van der Waals surface area contributed by atoms with Crippen LogP contribution in [0, 0.1) is 23.0 Å². The molecule has 0 aliphatic carbocycles. The molecule has 210 valence electrons. The van der Waals surface area contributed by atoms with Crippen molar-refractivity contribution in [3.05, 3.63) is 40.7 Å². The topological polar surface area (TPSA) is 133 Å². The standard InChI is InChI=1S/C27H21F3N6O4S/c28-12-4-27(2-1-3-36(27)8-12)11-40-25-33-6-14-15-9-39-10-16(15)18(20(30)21(14)34-25)22-19-13(5-31)24(35-26(37)38)41-23(19)17(29)7-32-22/h6-7,12,35H,1-4,8-11H2,(H,37,38)/t12-,27+/m1/s1. The van der Waals surface area contributed by atoms with E-state index < -0.39 is 29.4 Å². The van der Waals surface area contributed by atoms with Gasteiger partial charge in [0, 0.05) is 35.5 Å². The molecule has 0 saturated carbocycles. The summed E-state index contributed by atoms with van der Waals surface area (Å²) in [5.74, 6) is -1.57. The monoisotopic (exact) mass is 582 g/mol. The van der Waals surface area contributed by atoms with E-state index in [1.165, 1.54) is 6.20 Å². The van der Waals surface area contributed by atoms with Crippen molar-refractivity contribution in [3.63, 3.8) is 0 Å². The van der Waals surface area contributed by atoms with Gasteiger partial charge in [-0.05, 0) is 30.5 Å². The molecule has 0 radical (unpaired) electrons. The number of amides is 1. The summed E-state index contributed by atoms with van der Waals surface area (Å²) in [6, 6.07) is 1.84. The van der Waals surface area contributed by atoms with Crippen LogP contribution in [-0.2, 0) is 18.0 Å². The van der Waals surface area contributed by atoms with Gasteiger partial charge in [-0.2, -0.15) is 10.2 Å². The highest BCUT2D eigenvalue weighted by atomic mass is 32.1. The molecule has 0 unspecified atom stereocenters. The normalized spacial score (nSPS) is 21.8. The van der Waals surface area contributed by atoms with Crippen molar-refractivity contribution in [2.45, 2.75) is 44.2 Å². The molecule has 6 heterocycles. The van der Waals surface area contributed by atoms with Gasteiger partial charge in [0.2, 0.25) is 0 Å². The maximum Gasteiger partial charge on any atom is 0.409 e. The fraction of sp³-hybridized carbons (Fsp3) is 0.370. The van der Waals surface area contributed by atoms with Crippen LogP contribution in [0.2, 0.25) is 0 Å². The SMILES string of the molecule is N#Cc1c(NC(=O)O)sc2c(F)cnc(-c3c4c(c5cnc(OC[C@@]67CCCN6C[C@H](F)C7)nc5c3F)COC4)c12. The minimum atomic E-state index is -1.43. The third kappa shape index (κ3) is 3.98. The quantitative estimate of drug-likeness (QED) is 0.328. The Morgan fingerprint density at radius 2 is 2.15 bits per heavy atom. The maximum atomic E-state index is 16.5. The average molecular weight is 583 g/mol. The molecule has 1 amide bonds. The second kappa shape index (κ2) is 9.51. The number of aromatic nitrogens is 3. The molecule has 2 fully saturated rings. The lowest BCUT2D eigenvalue weighted by molar-refractivity contribution is 0.107. The summed E-state index contributed by atoms with van der Waals surface area (Å²) in [4.78, 5) is 26.3. The number of alkyl halides is 1. The summed E-state index contributed by atoms with van der Waals surface area (Å²) in [5, 5.41) is 21.5. The lowest BCUT2D eigenvalue weighted by Gasteiger charge is -2.30. The van der Waals surface area contributed by atoms with Crippen molar-refractivity contribution in [1.82, 2.24) is 19.9 Å². The van der Waals surface area contributed by atoms with Crippen LogP contribution in [-0.4, -0.2) is 62.5 Å². The van der Waals surface area contributed by atoms with E-state index in [1.54, 1.807) is 0 Å². The Bertz CT molecular complexity index is 1810. The first kappa shape index (κ1) is 25.9. The van der Waals surface area contributed by atoms with Crippen molar-refractivity contribution in [1.29, 1.82) is 5.26 Å².